The highest BCUT2D eigenvalue weighted by atomic mass is 16.5. The van der Waals surface area contributed by atoms with Gasteiger partial charge in [0.15, 0.2) is 5.69 Å². The van der Waals surface area contributed by atoms with Gasteiger partial charge in [-0.3, -0.25) is 4.40 Å². The van der Waals surface area contributed by atoms with Gasteiger partial charge >= 0.3 is 5.97 Å². The number of carbonyl (C=O) groups is 1. The van der Waals surface area contributed by atoms with E-state index < -0.39 is 0 Å². The molecule has 0 spiro atoms. The summed E-state index contributed by atoms with van der Waals surface area (Å²) < 4.78 is 6.85. The Kier molecular flexibility index (Phi) is 2.88. The van der Waals surface area contributed by atoms with Gasteiger partial charge in [0.25, 0.3) is 0 Å². The van der Waals surface area contributed by atoms with Crippen LogP contribution in [0.25, 0.3) is 5.65 Å². The van der Waals surface area contributed by atoms with Gasteiger partial charge < -0.3 is 4.74 Å². The van der Waals surface area contributed by atoms with Gasteiger partial charge in [0, 0.05) is 6.20 Å². The molecule has 4 heteroatoms. The van der Waals surface area contributed by atoms with E-state index in [0.29, 0.717) is 18.0 Å². The Balaban J connectivity index is 2.66. The minimum absolute atomic E-state index is 0.319. The Morgan fingerprint density at radius 2 is 2.06 bits per heavy atom. The van der Waals surface area contributed by atoms with E-state index in [1.54, 1.807) is 11.3 Å². The fourth-order valence-corrected chi connectivity index (χ4v) is 1.85. The maximum Gasteiger partial charge on any atom is 0.357 e. The number of aryl methyl sites for hydroxylation is 3. The molecule has 0 radical (unpaired) electrons. The molecule has 4 nitrogen and oxygen atoms in total. The van der Waals surface area contributed by atoms with Crippen molar-refractivity contribution in [2.75, 3.05) is 6.61 Å². The standard InChI is InChI=1S/C13H16N2O2/c1-5-17-13(16)12-10(4)14-11-6-8(2)9(3)7-15(11)12/h6-7H,5H2,1-4H3. The molecule has 2 aromatic heterocycles. The Hall–Kier alpha value is -1.84. The number of rotatable bonds is 2. The molecule has 2 aromatic rings. The first-order valence-electron chi connectivity index (χ1n) is 5.67. The number of aromatic nitrogens is 2. The van der Waals surface area contributed by atoms with E-state index in [4.69, 9.17) is 4.74 Å². The number of fused-ring (bicyclic) bond motifs is 1. The second-order valence-electron chi connectivity index (χ2n) is 4.13. The molecule has 0 aliphatic carbocycles. The number of nitrogens with zero attached hydrogens (tertiary/aromatic N) is 2. The average Bonchev–Trinajstić information content (AvgIpc) is 2.55. The first-order chi connectivity index (χ1) is 8.04. The summed E-state index contributed by atoms with van der Waals surface area (Å²) in [5.74, 6) is -0.319. The Bertz CT molecular complexity index is 585. The normalized spacial score (nSPS) is 10.8. The van der Waals surface area contributed by atoms with Crippen LogP contribution in [0.3, 0.4) is 0 Å². The van der Waals surface area contributed by atoms with Gasteiger partial charge in [0.1, 0.15) is 5.65 Å². The number of pyridine rings is 1. The predicted molar refractivity (Wildman–Crippen MR) is 65.4 cm³/mol. The first kappa shape index (κ1) is 11.6. The third kappa shape index (κ3) is 1.90. The van der Waals surface area contributed by atoms with Crippen molar-refractivity contribution in [3.05, 3.63) is 34.8 Å². The Morgan fingerprint density at radius 1 is 1.35 bits per heavy atom. The lowest BCUT2D eigenvalue weighted by Crippen LogP contribution is -2.09. The van der Waals surface area contributed by atoms with Crippen LogP contribution in [0.5, 0.6) is 0 Å². The van der Waals surface area contributed by atoms with Gasteiger partial charge in [-0.1, -0.05) is 0 Å². The van der Waals surface area contributed by atoms with E-state index in [2.05, 4.69) is 4.98 Å². The maximum absolute atomic E-state index is 11.9. The SMILES string of the molecule is CCOC(=O)c1c(C)nc2cc(C)c(C)cn12. The maximum atomic E-state index is 11.9. The number of hydrogen-bond acceptors (Lipinski definition) is 3. The van der Waals surface area contributed by atoms with Crippen molar-refractivity contribution in [1.82, 2.24) is 9.38 Å². The predicted octanol–water partition coefficient (Wildman–Crippen LogP) is 2.44. The smallest absolute Gasteiger partial charge is 0.357 e. The highest BCUT2D eigenvalue weighted by Gasteiger charge is 2.17. The zero-order valence-corrected chi connectivity index (χ0v) is 10.6. The molecule has 0 amide bonds. The Morgan fingerprint density at radius 3 is 2.71 bits per heavy atom. The summed E-state index contributed by atoms with van der Waals surface area (Å²) in [5, 5.41) is 0. The van der Waals surface area contributed by atoms with Crippen LogP contribution >= 0.6 is 0 Å². The molecular formula is C13H16N2O2. The van der Waals surface area contributed by atoms with Crippen LogP contribution < -0.4 is 0 Å². The summed E-state index contributed by atoms with van der Waals surface area (Å²) in [6.45, 7) is 8.04. The van der Waals surface area contributed by atoms with E-state index in [1.807, 2.05) is 33.0 Å². The summed E-state index contributed by atoms with van der Waals surface area (Å²) >= 11 is 0. The van der Waals surface area contributed by atoms with Crippen molar-refractivity contribution < 1.29 is 9.53 Å². The number of ether oxygens (including phenoxy) is 1. The summed E-state index contributed by atoms with van der Waals surface area (Å²) in [5.41, 5.74) is 4.30. The molecule has 17 heavy (non-hydrogen) atoms. The third-order valence-electron chi connectivity index (χ3n) is 2.87. The van der Waals surface area contributed by atoms with Crippen LogP contribution in [-0.2, 0) is 4.74 Å². The van der Waals surface area contributed by atoms with Crippen LogP contribution in [0.2, 0.25) is 0 Å². The van der Waals surface area contributed by atoms with E-state index in [9.17, 15) is 4.79 Å². The van der Waals surface area contributed by atoms with E-state index in [1.165, 1.54) is 0 Å². The first-order valence-corrected chi connectivity index (χ1v) is 5.67. The monoisotopic (exact) mass is 232 g/mol. The zero-order chi connectivity index (χ0) is 12.6. The van der Waals surface area contributed by atoms with Gasteiger partial charge in [-0.2, -0.15) is 0 Å². The zero-order valence-electron chi connectivity index (χ0n) is 10.6. The second kappa shape index (κ2) is 4.20. The van der Waals surface area contributed by atoms with Crippen molar-refractivity contribution in [1.29, 1.82) is 0 Å². The number of hydrogen-bond donors (Lipinski definition) is 0. The minimum atomic E-state index is -0.319. The number of imidazole rings is 1. The molecule has 0 aliphatic rings. The molecular weight excluding hydrogens is 216 g/mol. The van der Waals surface area contributed by atoms with Gasteiger partial charge in [-0.05, 0) is 44.9 Å². The lowest BCUT2D eigenvalue weighted by Gasteiger charge is -2.05. The largest absolute Gasteiger partial charge is 0.461 e. The summed E-state index contributed by atoms with van der Waals surface area (Å²) in [7, 11) is 0. The third-order valence-corrected chi connectivity index (χ3v) is 2.87. The van der Waals surface area contributed by atoms with Crippen molar-refractivity contribution in [3.8, 4) is 0 Å². The molecule has 0 fully saturated rings. The second-order valence-corrected chi connectivity index (χ2v) is 4.13. The van der Waals surface area contributed by atoms with Crippen molar-refractivity contribution >= 4 is 11.6 Å². The molecule has 0 N–H and O–H groups in total. The van der Waals surface area contributed by atoms with Gasteiger partial charge in [-0.25, -0.2) is 9.78 Å². The van der Waals surface area contributed by atoms with Gasteiger partial charge in [-0.15, -0.1) is 0 Å². The molecule has 0 atom stereocenters. The quantitative estimate of drug-likeness (QED) is 0.747. The van der Waals surface area contributed by atoms with Crippen molar-refractivity contribution in [2.24, 2.45) is 0 Å². The summed E-state index contributed by atoms with van der Waals surface area (Å²) in [6, 6.07) is 1.98. The molecule has 2 heterocycles. The van der Waals surface area contributed by atoms with E-state index in [-0.39, 0.29) is 5.97 Å². The van der Waals surface area contributed by atoms with E-state index in [0.717, 1.165) is 16.8 Å². The molecule has 0 saturated carbocycles. The number of esters is 1. The number of carbonyl (C=O) groups excluding carboxylic acids is 1. The highest BCUT2D eigenvalue weighted by molar-refractivity contribution is 5.90. The molecule has 2 rings (SSSR count). The van der Waals surface area contributed by atoms with Crippen molar-refractivity contribution in [2.45, 2.75) is 27.7 Å². The van der Waals surface area contributed by atoms with Crippen LogP contribution in [-0.4, -0.2) is 22.0 Å². The summed E-state index contributed by atoms with van der Waals surface area (Å²) in [4.78, 5) is 16.2. The molecule has 0 bridgehead atoms. The lowest BCUT2D eigenvalue weighted by molar-refractivity contribution is 0.0517. The van der Waals surface area contributed by atoms with Crippen LogP contribution in [0.4, 0.5) is 0 Å². The minimum Gasteiger partial charge on any atom is -0.461 e. The van der Waals surface area contributed by atoms with Crippen molar-refractivity contribution in [3.63, 3.8) is 0 Å². The summed E-state index contributed by atoms with van der Waals surface area (Å²) in [6.07, 6.45) is 1.93. The molecule has 0 aromatic carbocycles. The van der Waals surface area contributed by atoms with Crippen LogP contribution in [0.15, 0.2) is 12.3 Å². The Labute approximate surface area is 100 Å². The fraction of sp³-hybridized carbons (Fsp3) is 0.385. The highest BCUT2D eigenvalue weighted by Crippen LogP contribution is 2.17. The fourth-order valence-electron chi connectivity index (χ4n) is 1.85. The van der Waals surface area contributed by atoms with E-state index >= 15 is 0 Å². The van der Waals surface area contributed by atoms with Crippen LogP contribution in [0.1, 0.15) is 34.2 Å². The molecule has 0 saturated heterocycles. The average molecular weight is 232 g/mol. The van der Waals surface area contributed by atoms with Gasteiger partial charge in [0.2, 0.25) is 0 Å². The topological polar surface area (TPSA) is 43.6 Å². The van der Waals surface area contributed by atoms with Gasteiger partial charge in [0.05, 0.1) is 12.3 Å². The molecule has 0 unspecified atom stereocenters. The molecule has 90 valence electrons. The lowest BCUT2D eigenvalue weighted by atomic mass is 10.2. The molecule has 0 aliphatic heterocycles. The van der Waals surface area contributed by atoms with Crippen LogP contribution in [0, 0.1) is 20.8 Å².